The lowest BCUT2D eigenvalue weighted by molar-refractivity contribution is 0.103. The fourth-order valence-corrected chi connectivity index (χ4v) is 1.91. The Morgan fingerprint density at radius 2 is 1.75 bits per heavy atom. The van der Waals surface area contributed by atoms with Gasteiger partial charge < -0.3 is 9.47 Å². The van der Waals surface area contributed by atoms with Crippen LogP contribution in [0.3, 0.4) is 0 Å². The maximum atomic E-state index is 12.6. The fourth-order valence-electron chi connectivity index (χ4n) is 1.91. The first-order valence-electron chi connectivity index (χ1n) is 6.14. The molecule has 0 unspecified atom stereocenters. The quantitative estimate of drug-likeness (QED) is 0.799. The van der Waals surface area contributed by atoms with Gasteiger partial charge in [-0.05, 0) is 32.0 Å². The molecule has 5 heteroatoms. The van der Waals surface area contributed by atoms with Gasteiger partial charge in [-0.3, -0.25) is 4.79 Å². The van der Waals surface area contributed by atoms with Crippen LogP contribution >= 0.6 is 0 Å². The van der Waals surface area contributed by atoms with Crippen molar-refractivity contribution in [2.45, 2.75) is 13.8 Å². The Morgan fingerprint density at radius 1 is 1.00 bits per heavy atom. The minimum atomic E-state index is -0.139. The van der Waals surface area contributed by atoms with Gasteiger partial charge in [0, 0.05) is 11.6 Å². The molecule has 0 fully saturated rings. The Bertz CT molecular complexity index is 654. The Balaban J connectivity index is 2.50. The first-order chi connectivity index (χ1) is 9.56. The van der Waals surface area contributed by atoms with Gasteiger partial charge in [-0.1, -0.05) is 0 Å². The molecule has 20 heavy (non-hydrogen) atoms. The first-order valence-corrected chi connectivity index (χ1v) is 6.14. The van der Waals surface area contributed by atoms with E-state index in [1.165, 1.54) is 7.11 Å². The SMILES string of the molecule is COc1ccc(C(=O)c2cc(C)nnc2C)c(OC)c1. The number of rotatable bonds is 4. The van der Waals surface area contributed by atoms with Crippen LogP contribution in [0.25, 0.3) is 0 Å². The number of carbonyl (C=O) groups excluding carboxylic acids is 1. The van der Waals surface area contributed by atoms with Crippen molar-refractivity contribution in [2.24, 2.45) is 0 Å². The Hall–Kier alpha value is -2.43. The molecule has 0 amide bonds. The van der Waals surface area contributed by atoms with Crippen molar-refractivity contribution in [1.29, 1.82) is 0 Å². The van der Waals surface area contributed by atoms with Crippen LogP contribution in [0.4, 0.5) is 0 Å². The highest BCUT2D eigenvalue weighted by molar-refractivity contribution is 6.11. The maximum Gasteiger partial charge on any atom is 0.198 e. The summed E-state index contributed by atoms with van der Waals surface area (Å²) in [5.41, 5.74) is 2.30. The van der Waals surface area contributed by atoms with E-state index in [1.807, 2.05) is 0 Å². The van der Waals surface area contributed by atoms with Gasteiger partial charge in [-0.25, -0.2) is 0 Å². The van der Waals surface area contributed by atoms with Crippen LogP contribution in [0.5, 0.6) is 11.5 Å². The average molecular weight is 272 g/mol. The Morgan fingerprint density at radius 3 is 2.40 bits per heavy atom. The standard InChI is InChI=1S/C15H16N2O3/c1-9-7-13(10(2)17-16-9)15(18)12-6-5-11(19-3)8-14(12)20-4/h5-8H,1-4H3. The maximum absolute atomic E-state index is 12.6. The molecule has 0 saturated carbocycles. The number of nitrogens with zero attached hydrogens (tertiary/aromatic N) is 2. The van der Waals surface area contributed by atoms with E-state index in [-0.39, 0.29) is 5.78 Å². The largest absolute Gasteiger partial charge is 0.497 e. The van der Waals surface area contributed by atoms with Gasteiger partial charge in [-0.15, -0.1) is 0 Å². The van der Waals surface area contributed by atoms with Crippen molar-refractivity contribution in [3.8, 4) is 11.5 Å². The zero-order chi connectivity index (χ0) is 14.7. The van der Waals surface area contributed by atoms with Crippen molar-refractivity contribution < 1.29 is 14.3 Å². The molecule has 0 aliphatic carbocycles. The second-order valence-electron chi connectivity index (χ2n) is 4.38. The van der Waals surface area contributed by atoms with Gasteiger partial charge in [0.1, 0.15) is 11.5 Å². The number of aromatic nitrogens is 2. The summed E-state index contributed by atoms with van der Waals surface area (Å²) in [4.78, 5) is 12.6. The van der Waals surface area contributed by atoms with Crippen molar-refractivity contribution in [2.75, 3.05) is 14.2 Å². The highest BCUT2D eigenvalue weighted by atomic mass is 16.5. The zero-order valence-corrected chi connectivity index (χ0v) is 11.9. The topological polar surface area (TPSA) is 61.3 Å². The van der Waals surface area contributed by atoms with E-state index in [9.17, 15) is 4.79 Å². The van der Waals surface area contributed by atoms with Crippen LogP contribution in [0.1, 0.15) is 27.3 Å². The summed E-state index contributed by atoms with van der Waals surface area (Å²) in [6.07, 6.45) is 0. The summed E-state index contributed by atoms with van der Waals surface area (Å²) in [5, 5.41) is 7.91. The average Bonchev–Trinajstić information content (AvgIpc) is 2.48. The van der Waals surface area contributed by atoms with Crippen molar-refractivity contribution in [1.82, 2.24) is 10.2 Å². The molecule has 0 radical (unpaired) electrons. The van der Waals surface area contributed by atoms with E-state index in [1.54, 1.807) is 45.2 Å². The van der Waals surface area contributed by atoms with E-state index >= 15 is 0 Å². The number of methoxy groups -OCH3 is 2. The highest BCUT2D eigenvalue weighted by Gasteiger charge is 2.18. The summed E-state index contributed by atoms with van der Waals surface area (Å²) in [6.45, 7) is 3.56. The second-order valence-corrected chi connectivity index (χ2v) is 4.38. The van der Waals surface area contributed by atoms with Crippen molar-refractivity contribution >= 4 is 5.78 Å². The number of hydrogen-bond acceptors (Lipinski definition) is 5. The number of ether oxygens (including phenoxy) is 2. The van der Waals surface area contributed by atoms with Crippen molar-refractivity contribution in [3.63, 3.8) is 0 Å². The van der Waals surface area contributed by atoms with Gasteiger partial charge in [0.05, 0.1) is 31.2 Å². The fraction of sp³-hybridized carbons (Fsp3) is 0.267. The molecule has 0 N–H and O–H groups in total. The van der Waals surface area contributed by atoms with Crippen LogP contribution in [0, 0.1) is 13.8 Å². The lowest BCUT2D eigenvalue weighted by Gasteiger charge is -2.10. The highest BCUT2D eigenvalue weighted by Crippen LogP contribution is 2.27. The normalized spacial score (nSPS) is 10.2. The number of benzene rings is 1. The Kier molecular flexibility index (Phi) is 3.98. The second kappa shape index (κ2) is 5.69. The molecule has 0 bridgehead atoms. The third-order valence-electron chi connectivity index (χ3n) is 3.00. The number of hydrogen-bond donors (Lipinski definition) is 0. The molecule has 1 aromatic carbocycles. The van der Waals surface area contributed by atoms with E-state index in [4.69, 9.17) is 9.47 Å². The van der Waals surface area contributed by atoms with Crippen LogP contribution in [-0.2, 0) is 0 Å². The van der Waals surface area contributed by atoms with E-state index in [0.29, 0.717) is 34.0 Å². The number of ketones is 1. The number of aryl methyl sites for hydroxylation is 2. The predicted molar refractivity (Wildman–Crippen MR) is 74.5 cm³/mol. The monoisotopic (exact) mass is 272 g/mol. The van der Waals surface area contributed by atoms with E-state index in [0.717, 1.165) is 0 Å². The van der Waals surface area contributed by atoms with E-state index in [2.05, 4.69) is 10.2 Å². The number of carbonyl (C=O) groups is 1. The molecular formula is C15H16N2O3. The summed E-state index contributed by atoms with van der Waals surface area (Å²) >= 11 is 0. The third kappa shape index (κ3) is 2.61. The predicted octanol–water partition coefficient (Wildman–Crippen LogP) is 2.34. The summed E-state index contributed by atoms with van der Waals surface area (Å²) in [6, 6.07) is 6.83. The lowest BCUT2D eigenvalue weighted by atomic mass is 10.0. The molecule has 2 aromatic rings. The molecule has 104 valence electrons. The zero-order valence-electron chi connectivity index (χ0n) is 11.9. The van der Waals surface area contributed by atoms with Crippen LogP contribution in [0.2, 0.25) is 0 Å². The minimum absolute atomic E-state index is 0.139. The lowest BCUT2D eigenvalue weighted by Crippen LogP contribution is -2.08. The molecule has 0 spiro atoms. The molecule has 1 heterocycles. The molecule has 2 rings (SSSR count). The molecular weight excluding hydrogens is 256 g/mol. The first kappa shape index (κ1) is 14.0. The summed E-state index contributed by atoms with van der Waals surface area (Å²) in [7, 11) is 3.09. The third-order valence-corrected chi connectivity index (χ3v) is 3.00. The van der Waals surface area contributed by atoms with Gasteiger partial charge in [0.2, 0.25) is 0 Å². The Labute approximate surface area is 117 Å². The molecule has 0 saturated heterocycles. The molecule has 0 aliphatic heterocycles. The van der Waals surface area contributed by atoms with Gasteiger partial charge in [-0.2, -0.15) is 10.2 Å². The van der Waals surface area contributed by atoms with Gasteiger partial charge >= 0.3 is 0 Å². The minimum Gasteiger partial charge on any atom is -0.497 e. The molecule has 1 aromatic heterocycles. The van der Waals surface area contributed by atoms with Crippen LogP contribution in [0.15, 0.2) is 24.3 Å². The van der Waals surface area contributed by atoms with Gasteiger partial charge in [0.25, 0.3) is 0 Å². The molecule has 5 nitrogen and oxygen atoms in total. The summed E-state index contributed by atoms with van der Waals surface area (Å²) < 4.78 is 10.4. The smallest absolute Gasteiger partial charge is 0.198 e. The molecule has 0 atom stereocenters. The van der Waals surface area contributed by atoms with Crippen LogP contribution in [-0.4, -0.2) is 30.2 Å². The summed E-state index contributed by atoms with van der Waals surface area (Å²) in [5.74, 6) is 0.974. The van der Waals surface area contributed by atoms with Crippen molar-refractivity contribution in [3.05, 3.63) is 46.8 Å². The van der Waals surface area contributed by atoms with Crippen LogP contribution < -0.4 is 9.47 Å². The molecule has 0 aliphatic rings. The van der Waals surface area contributed by atoms with Gasteiger partial charge in [0.15, 0.2) is 5.78 Å². The van der Waals surface area contributed by atoms with E-state index < -0.39 is 0 Å².